The van der Waals surface area contributed by atoms with Crippen molar-refractivity contribution >= 4 is 23.5 Å². The van der Waals surface area contributed by atoms with E-state index in [9.17, 15) is 19.2 Å². The number of aromatic nitrogens is 1. The van der Waals surface area contributed by atoms with Gasteiger partial charge in [0.2, 0.25) is 5.78 Å². The molecule has 0 saturated heterocycles. The van der Waals surface area contributed by atoms with Gasteiger partial charge >= 0.3 is 11.9 Å². The van der Waals surface area contributed by atoms with Gasteiger partial charge in [-0.2, -0.15) is 0 Å². The van der Waals surface area contributed by atoms with Crippen LogP contribution in [0.15, 0.2) is 24.3 Å². The first-order valence-electron chi connectivity index (χ1n) is 10.6. The fourth-order valence-corrected chi connectivity index (χ4v) is 3.15. The fraction of sp³-hybridized carbons (Fsp3) is 0.417. The van der Waals surface area contributed by atoms with Gasteiger partial charge in [0.15, 0.2) is 12.4 Å². The molecule has 1 N–H and O–H groups in total. The van der Waals surface area contributed by atoms with E-state index in [4.69, 9.17) is 14.2 Å². The van der Waals surface area contributed by atoms with Crippen molar-refractivity contribution in [3.8, 4) is 5.75 Å². The number of benzene rings is 1. The van der Waals surface area contributed by atoms with Gasteiger partial charge in [0.25, 0.3) is 0 Å². The average Bonchev–Trinajstić information content (AvgIpc) is 3.08. The average molecular weight is 443 g/mol. The highest BCUT2D eigenvalue weighted by molar-refractivity contribution is 6.02. The molecular weight excluding hydrogens is 414 g/mol. The maximum absolute atomic E-state index is 12.4. The van der Waals surface area contributed by atoms with Crippen LogP contribution in [0.3, 0.4) is 0 Å². The summed E-state index contributed by atoms with van der Waals surface area (Å²) in [4.78, 5) is 51.6. The van der Waals surface area contributed by atoms with Crippen LogP contribution in [-0.2, 0) is 14.3 Å². The number of aromatic amines is 1. The minimum absolute atomic E-state index is 0.0319. The molecule has 1 aromatic carbocycles. The molecule has 0 spiro atoms. The van der Waals surface area contributed by atoms with Gasteiger partial charge in [0, 0.05) is 17.7 Å². The second-order valence-electron chi connectivity index (χ2n) is 7.23. The van der Waals surface area contributed by atoms with Crippen molar-refractivity contribution in [2.24, 2.45) is 0 Å². The molecule has 32 heavy (non-hydrogen) atoms. The number of nitrogens with one attached hydrogen (secondary N) is 1. The van der Waals surface area contributed by atoms with E-state index in [1.807, 2.05) is 6.92 Å². The van der Waals surface area contributed by atoms with Gasteiger partial charge in [-0.05, 0) is 57.0 Å². The Balaban J connectivity index is 1.85. The summed E-state index contributed by atoms with van der Waals surface area (Å²) < 4.78 is 15.5. The third kappa shape index (κ3) is 6.54. The van der Waals surface area contributed by atoms with Gasteiger partial charge < -0.3 is 19.2 Å². The summed E-state index contributed by atoms with van der Waals surface area (Å²) >= 11 is 0. The smallest absolute Gasteiger partial charge is 0.340 e. The highest BCUT2D eigenvalue weighted by Gasteiger charge is 2.23. The molecule has 0 fully saturated rings. The summed E-state index contributed by atoms with van der Waals surface area (Å²) in [5, 5.41) is 0. The van der Waals surface area contributed by atoms with Gasteiger partial charge in [-0.15, -0.1) is 0 Å². The lowest BCUT2D eigenvalue weighted by atomic mass is 10.1. The number of H-pyrrole nitrogens is 1. The molecule has 8 heteroatoms. The Bertz CT molecular complexity index is 973. The number of Topliss-reactive ketones (excluding diaryl/α,β-unsaturated/α-hetero) is 2. The van der Waals surface area contributed by atoms with Crippen LogP contribution in [0.4, 0.5) is 0 Å². The van der Waals surface area contributed by atoms with E-state index in [1.165, 1.54) is 0 Å². The van der Waals surface area contributed by atoms with Gasteiger partial charge in [-0.25, -0.2) is 4.79 Å². The number of ether oxygens (including phenoxy) is 3. The van der Waals surface area contributed by atoms with E-state index in [2.05, 4.69) is 4.98 Å². The van der Waals surface area contributed by atoms with Crippen molar-refractivity contribution in [1.82, 2.24) is 4.98 Å². The predicted molar refractivity (Wildman–Crippen MR) is 117 cm³/mol. The third-order valence-electron chi connectivity index (χ3n) is 4.77. The first kappa shape index (κ1) is 24.8. The summed E-state index contributed by atoms with van der Waals surface area (Å²) in [5.74, 6) is -1.16. The molecule has 172 valence electrons. The van der Waals surface area contributed by atoms with E-state index in [0.717, 1.165) is 6.42 Å². The van der Waals surface area contributed by atoms with Crippen LogP contribution in [-0.4, -0.2) is 48.3 Å². The van der Waals surface area contributed by atoms with E-state index in [1.54, 1.807) is 45.0 Å². The van der Waals surface area contributed by atoms with E-state index in [0.29, 0.717) is 34.7 Å². The van der Waals surface area contributed by atoms with Crippen LogP contribution in [0.1, 0.15) is 75.6 Å². The molecule has 0 atom stereocenters. The lowest BCUT2D eigenvalue weighted by Crippen LogP contribution is -2.16. The molecule has 0 aliphatic heterocycles. The van der Waals surface area contributed by atoms with Crippen LogP contribution in [0.5, 0.6) is 5.75 Å². The number of hydrogen-bond acceptors (Lipinski definition) is 7. The monoisotopic (exact) mass is 443 g/mol. The second kappa shape index (κ2) is 11.8. The highest BCUT2D eigenvalue weighted by atomic mass is 16.5. The molecule has 2 aromatic rings. The van der Waals surface area contributed by atoms with Crippen LogP contribution < -0.4 is 4.74 Å². The van der Waals surface area contributed by atoms with Crippen molar-refractivity contribution in [1.29, 1.82) is 0 Å². The molecule has 0 unspecified atom stereocenters. The Kier molecular flexibility index (Phi) is 9.19. The van der Waals surface area contributed by atoms with Crippen LogP contribution >= 0.6 is 0 Å². The number of aryl methyl sites for hydroxylation is 1. The lowest BCUT2D eigenvalue weighted by molar-refractivity contribution is -0.142. The molecule has 1 heterocycles. The van der Waals surface area contributed by atoms with Crippen molar-refractivity contribution in [2.45, 2.75) is 47.0 Å². The van der Waals surface area contributed by atoms with Crippen molar-refractivity contribution in [3.63, 3.8) is 0 Å². The zero-order valence-corrected chi connectivity index (χ0v) is 18.9. The molecule has 0 saturated carbocycles. The third-order valence-corrected chi connectivity index (χ3v) is 4.77. The number of esters is 2. The second-order valence-corrected chi connectivity index (χ2v) is 7.23. The van der Waals surface area contributed by atoms with Gasteiger partial charge in [-0.1, -0.05) is 6.92 Å². The van der Waals surface area contributed by atoms with E-state index >= 15 is 0 Å². The molecule has 0 amide bonds. The minimum atomic E-state index is -0.652. The van der Waals surface area contributed by atoms with Crippen LogP contribution in [0.25, 0.3) is 0 Å². The van der Waals surface area contributed by atoms with Gasteiger partial charge in [0.05, 0.1) is 30.9 Å². The Morgan fingerprint density at radius 3 is 2.22 bits per heavy atom. The molecule has 1 aromatic heterocycles. The van der Waals surface area contributed by atoms with E-state index in [-0.39, 0.29) is 30.9 Å². The van der Waals surface area contributed by atoms with Crippen LogP contribution in [0, 0.1) is 13.8 Å². The summed E-state index contributed by atoms with van der Waals surface area (Å²) in [6, 6.07) is 6.73. The largest absolute Gasteiger partial charge is 0.494 e. The Morgan fingerprint density at radius 1 is 0.906 bits per heavy atom. The Hall–Kier alpha value is -3.42. The summed E-state index contributed by atoms with van der Waals surface area (Å²) in [6.45, 7) is 7.33. The van der Waals surface area contributed by atoms with Crippen LogP contribution in [0.2, 0.25) is 0 Å². The zero-order valence-electron chi connectivity index (χ0n) is 18.9. The number of rotatable bonds is 12. The predicted octanol–water partition coefficient (Wildman–Crippen LogP) is 3.99. The SMILES string of the molecule is CCCOc1ccc(C(=O)CCC(=O)OCC(=O)c2[nH]c(C)c(C(=O)OCC)c2C)cc1. The summed E-state index contributed by atoms with van der Waals surface area (Å²) in [7, 11) is 0. The molecule has 0 aliphatic rings. The number of hydrogen-bond donors (Lipinski definition) is 1. The van der Waals surface area contributed by atoms with Crippen molar-refractivity contribution in [2.75, 3.05) is 19.8 Å². The molecule has 8 nitrogen and oxygen atoms in total. The lowest BCUT2D eigenvalue weighted by Gasteiger charge is -2.06. The quantitative estimate of drug-likeness (QED) is 0.390. The fourth-order valence-electron chi connectivity index (χ4n) is 3.15. The molecule has 2 rings (SSSR count). The first-order valence-corrected chi connectivity index (χ1v) is 10.6. The molecule has 0 bridgehead atoms. The molecular formula is C24H29NO7. The normalized spacial score (nSPS) is 10.5. The van der Waals surface area contributed by atoms with E-state index < -0.39 is 24.3 Å². The zero-order chi connectivity index (χ0) is 23.7. The minimum Gasteiger partial charge on any atom is -0.494 e. The summed E-state index contributed by atoms with van der Waals surface area (Å²) in [5.41, 5.74) is 1.93. The maximum atomic E-state index is 12.4. The Labute approximate surface area is 187 Å². The number of ketones is 2. The number of carbonyl (C=O) groups is 4. The standard InChI is InChI=1S/C24H29NO7/c1-5-13-31-18-9-7-17(8-10-18)19(26)11-12-21(28)32-14-20(27)23-15(3)22(16(4)25-23)24(29)30-6-2/h7-10,25H,5-6,11-14H2,1-4H3. The maximum Gasteiger partial charge on any atom is 0.340 e. The first-order chi connectivity index (χ1) is 15.3. The highest BCUT2D eigenvalue weighted by Crippen LogP contribution is 2.20. The molecule has 0 radical (unpaired) electrons. The van der Waals surface area contributed by atoms with Gasteiger partial charge in [0.1, 0.15) is 5.75 Å². The van der Waals surface area contributed by atoms with Crippen molar-refractivity contribution in [3.05, 3.63) is 52.3 Å². The molecule has 0 aliphatic carbocycles. The van der Waals surface area contributed by atoms with Gasteiger partial charge in [-0.3, -0.25) is 14.4 Å². The summed E-state index contributed by atoms with van der Waals surface area (Å²) in [6.07, 6.45) is 0.716. The van der Waals surface area contributed by atoms with Crippen molar-refractivity contribution < 1.29 is 33.4 Å². The number of carbonyl (C=O) groups excluding carboxylic acids is 4. The Morgan fingerprint density at radius 2 is 1.59 bits per heavy atom. The topological polar surface area (TPSA) is 112 Å².